The van der Waals surface area contributed by atoms with Gasteiger partial charge in [0.1, 0.15) is 5.75 Å². The van der Waals surface area contributed by atoms with Crippen molar-refractivity contribution in [2.45, 2.75) is 11.8 Å². The van der Waals surface area contributed by atoms with Crippen LogP contribution in [-0.4, -0.2) is 22.1 Å². The zero-order chi connectivity index (χ0) is 15.3. The Kier molecular flexibility index (Phi) is 4.70. The van der Waals surface area contributed by atoms with Gasteiger partial charge in [0, 0.05) is 17.9 Å². The highest BCUT2D eigenvalue weighted by atomic mass is 32.2. The maximum absolute atomic E-state index is 12.3. The highest BCUT2D eigenvalue weighted by molar-refractivity contribution is 7.92. The van der Waals surface area contributed by atoms with Gasteiger partial charge >= 0.3 is 0 Å². The van der Waals surface area contributed by atoms with Crippen molar-refractivity contribution in [3.63, 3.8) is 0 Å². The summed E-state index contributed by atoms with van der Waals surface area (Å²) in [5.74, 6) is 0.674. The molecule has 0 amide bonds. The van der Waals surface area contributed by atoms with E-state index < -0.39 is 10.0 Å². The standard InChI is InChI=1S/C15H18N2O3S/c1-3-16-12-6-10-15(11-7-12)21(18,19)17-13-4-8-14(20-2)9-5-13/h4-11,16-17H,3H2,1-2H3. The van der Waals surface area contributed by atoms with E-state index in [1.165, 1.54) is 0 Å². The number of ether oxygens (including phenoxy) is 1. The minimum absolute atomic E-state index is 0.222. The Bertz CT molecular complexity index is 680. The van der Waals surface area contributed by atoms with E-state index in [-0.39, 0.29) is 4.90 Å². The van der Waals surface area contributed by atoms with Gasteiger partial charge in [-0.3, -0.25) is 4.72 Å². The molecule has 21 heavy (non-hydrogen) atoms. The molecule has 0 atom stereocenters. The summed E-state index contributed by atoms with van der Waals surface area (Å²) in [4.78, 5) is 0.222. The smallest absolute Gasteiger partial charge is 0.261 e. The van der Waals surface area contributed by atoms with Gasteiger partial charge in [0.25, 0.3) is 10.0 Å². The largest absolute Gasteiger partial charge is 0.497 e. The van der Waals surface area contributed by atoms with Crippen molar-refractivity contribution in [3.05, 3.63) is 48.5 Å². The van der Waals surface area contributed by atoms with Crippen molar-refractivity contribution in [3.8, 4) is 5.75 Å². The highest BCUT2D eigenvalue weighted by Gasteiger charge is 2.13. The van der Waals surface area contributed by atoms with Gasteiger partial charge in [-0.1, -0.05) is 0 Å². The molecule has 112 valence electrons. The fourth-order valence-corrected chi connectivity index (χ4v) is 2.89. The lowest BCUT2D eigenvalue weighted by atomic mass is 10.3. The Balaban J connectivity index is 2.16. The van der Waals surface area contributed by atoms with Crippen molar-refractivity contribution >= 4 is 21.4 Å². The summed E-state index contributed by atoms with van der Waals surface area (Å²) in [7, 11) is -2.02. The minimum Gasteiger partial charge on any atom is -0.497 e. The molecule has 0 spiro atoms. The number of nitrogens with one attached hydrogen (secondary N) is 2. The molecular weight excluding hydrogens is 288 g/mol. The summed E-state index contributed by atoms with van der Waals surface area (Å²) in [6.45, 7) is 2.77. The van der Waals surface area contributed by atoms with Gasteiger partial charge < -0.3 is 10.1 Å². The van der Waals surface area contributed by atoms with Crippen LogP contribution in [0.1, 0.15) is 6.92 Å². The van der Waals surface area contributed by atoms with Crippen LogP contribution in [0.25, 0.3) is 0 Å². The second-order valence-corrected chi connectivity index (χ2v) is 6.07. The Labute approximate surface area is 125 Å². The van der Waals surface area contributed by atoms with E-state index in [1.807, 2.05) is 6.92 Å². The van der Waals surface area contributed by atoms with Gasteiger partial charge in [0.05, 0.1) is 12.0 Å². The van der Waals surface area contributed by atoms with Crippen LogP contribution in [0.15, 0.2) is 53.4 Å². The van der Waals surface area contributed by atoms with Crippen LogP contribution >= 0.6 is 0 Å². The van der Waals surface area contributed by atoms with Crippen molar-refractivity contribution in [2.75, 3.05) is 23.7 Å². The van der Waals surface area contributed by atoms with Crippen molar-refractivity contribution in [1.82, 2.24) is 0 Å². The second-order valence-electron chi connectivity index (χ2n) is 4.39. The molecule has 0 aromatic heterocycles. The monoisotopic (exact) mass is 306 g/mol. The molecule has 0 radical (unpaired) electrons. The van der Waals surface area contributed by atoms with Gasteiger partial charge in [-0.2, -0.15) is 0 Å². The molecule has 2 N–H and O–H groups in total. The summed E-state index contributed by atoms with van der Waals surface area (Å²) >= 11 is 0. The number of hydrogen-bond acceptors (Lipinski definition) is 4. The van der Waals surface area contributed by atoms with Crippen molar-refractivity contribution in [2.24, 2.45) is 0 Å². The topological polar surface area (TPSA) is 67.4 Å². The van der Waals surface area contributed by atoms with Crippen LogP contribution in [0, 0.1) is 0 Å². The molecule has 0 aliphatic carbocycles. The number of anilines is 2. The quantitative estimate of drug-likeness (QED) is 0.861. The lowest BCUT2D eigenvalue weighted by Crippen LogP contribution is -2.12. The predicted octanol–water partition coefficient (Wildman–Crippen LogP) is 2.93. The average Bonchev–Trinajstić information content (AvgIpc) is 2.48. The molecule has 0 heterocycles. The normalized spacial score (nSPS) is 11.0. The van der Waals surface area contributed by atoms with Crippen molar-refractivity contribution < 1.29 is 13.2 Å². The molecule has 2 aromatic carbocycles. The summed E-state index contributed by atoms with van der Waals surface area (Å²) in [5, 5.41) is 3.12. The lowest BCUT2D eigenvalue weighted by Gasteiger charge is -2.09. The van der Waals surface area contributed by atoms with E-state index in [0.717, 1.165) is 12.2 Å². The molecule has 0 bridgehead atoms. The molecule has 0 saturated carbocycles. The first-order valence-corrected chi connectivity index (χ1v) is 8.04. The number of rotatable bonds is 6. The van der Waals surface area contributed by atoms with Gasteiger partial charge in [-0.25, -0.2) is 8.42 Å². The predicted molar refractivity (Wildman–Crippen MR) is 84.4 cm³/mol. The van der Waals surface area contributed by atoms with E-state index in [2.05, 4.69) is 10.0 Å². The van der Waals surface area contributed by atoms with E-state index in [1.54, 1.807) is 55.6 Å². The summed E-state index contributed by atoms with van der Waals surface area (Å²) in [6.07, 6.45) is 0. The third kappa shape index (κ3) is 3.88. The van der Waals surface area contributed by atoms with Crippen LogP contribution in [0.3, 0.4) is 0 Å². The first kappa shape index (κ1) is 15.2. The van der Waals surface area contributed by atoms with Gasteiger partial charge in [-0.15, -0.1) is 0 Å². The second kappa shape index (κ2) is 6.49. The molecule has 0 saturated heterocycles. The molecule has 0 aliphatic rings. The van der Waals surface area contributed by atoms with Gasteiger partial charge in [0.15, 0.2) is 0 Å². The van der Waals surface area contributed by atoms with Gasteiger partial charge in [-0.05, 0) is 55.5 Å². The fourth-order valence-electron chi connectivity index (χ4n) is 1.83. The van der Waals surface area contributed by atoms with Crippen LogP contribution in [0.5, 0.6) is 5.75 Å². The maximum atomic E-state index is 12.3. The Morgan fingerprint density at radius 2 is 1.52 bits per heavy atom. The maximum Gasteiger partial charge on any atom is 0.261 e. The first-order chi connectivity index (χ1) is 10.0. The van der Waals surface area contributed by atoms with E-state index >= 15 is 0 Å². The number of sulfonamides is 1. The minimum atomic E-state index is -3.58. The van der Waals surface area contributed by atoms with Crippen LogP contribution in [0.2, 0.25) is 0 Å². The zero-order valence-electron chi connectivity index (χ0n) is 12.0. The molecule has 6 heteroatoms. The Hall–Kier alpha value is -2.21. The van der Waals surface area contributed by atoms with Crippen LogP contribution in [-0.2, 0) is 10.0 Å². The van der Waals surface area contributed by atoms with Gasteiger partial charge in [0.2, 0.25) is 0 Å². The molecule has 5 nitrogen and oxygen atoms in total. The third-order valence-electron chi connectivity index (χ3n) is 2.89. The van der Waals surface area contributed by atoms with E-state index in [4.69, 9.17) is 4.74 Å². The number of hydrogen-bond donors (Lipinski definition) is 2. The lowest BCUT2D eigenvalue weighted by molar-refractivity contribution is 0.415. The molecule has 0 unspecified atom stereocenters. The molecule has 0 aliphatic heterocycles. The van der Waals surface area contributed by atoms with E-state index in [0.29, 0.717) is 11.4 Å². The molecule has 2 rings (SSSR count). The third-order valence-corrected chi connectivity index (χ3v) is 4.28. The zero-order valence-corrected chi connectivity index (χ0v) is 12.8. The Morgan fingerprint density at radius 1 is 0.952 bits per heavy atom. The number of benzene rings is 2. The molecule has 0 fully saturated rings. The fraction of sp³-hybridized carbons (Fsp3) is 0.200. The first-order valence-electron chi connectivity index (χ1n) is 6.56. The summed E-state index contributed by atoms with van der Waals surface area (Å²) in [6, 6.07) is 13.3. The summed E-state index contributed by atoms with van der Waals surface area (Å²) in [5.41, 5.74) is 1.38. The number of methoxy groups -OCH3 is 1. The van der Waals surface area contributed by atoms with Crippen molar-refractivity contribution in [1.29, 1.82) is 0 Å². The average molecular weight is 306 g/mol. The highest BCUT2D eigenvalue weighted by Crippen LogP contribution is 2.20. The molecular formula is C15H18N2O3S. The SMILES string of the molecule is CCNc1ccc(S(=O)(=O)Nc2ccc(OC)cc2)cc1. The molecule has 2 aromatic rings. The summed E-state index contributed by atoms with van der Waals surface area (Å²) < 4.78 is 32.1. The van der Waals surface area contributed by atoms with Crippen LogP contribution < -0.4 is 14.8 Å². The Morgan fingerprint density at radius 3 is 2.05 bits per heavy atom. The van der Waals surface area contributed by atoms with Crippen LogP contribution in [0.4, 0.5) is 11.4 Å². The van der Waals surface area contributed by atoms with E-state index in [9.17, 15) is 8.42 Å².